The molecular weight excluding hydrogens is 214 g/mol. The van der Waals surface area contributed by atoms with Crippen molar-refractivity contribution in [1.29, 1.82) is 0 Å². The van der Waals surface area contributed by atoms with Crippen LogP contribution >= 0.6 is 0 Å². The summed E-state index contributed by atoms with van der Waals surface area (Å²) in [6.45, 7) is 6.99. The van der Waals surface area contributed by atoms with Gasteiger partial charge in [-0.05, 0) is 32.1 Å². The van der Waals surface area contributed by atoms with Gasteiger partial charge in [-0.15, -0.1) is 0 Å². The van der Waals surface area contributed by atoms with Crippen LogP contribution in [-0.4, -0.2) is 29.0 Å². The minimum atomic E-state index is 0.640. The van der Waals surface area contributed by atoms with Gasteiger partial charge in [0.1, 0.15) is 6.61 Å². The summed E-state index contributed by atoms with van der Waals surface area (Å²) in [5.41, 5.74) is 0. The van der Waals surface area contributed by atoms with Crippen molar-refractivity contribution in [3.05, 3.63) is 12.4 Å². The van der Waals surface area contributed by atoms with Gasteiger partial charge in [-0.1, -0.05) is 6.92 Å². The second-order valence-corrected chi connectivity index (χ2v) is 4.87. The van der Waals surface area contributed by atoms with Gasteiger partial charge in [0.05, 0.1) is 12.4 Å². The first-order valence-electron chi connectivity index (χ1n) is 6.68. The van der Waals surface area contributed by atoms with Gasteiger partial charge < -0.3 is 10.1 Å². The van der Waals surface area contributed by atoms with E-state index < -0.39 is 0 Å². The van der Waals surface area contributed by atoms with Crippen LogP contribution in [0, 0.1) is 5.92 Å². The maximum atomic E-state index is 5.64. The number of nitrogens with zero attached hydrogens (tertiary/aromatic N) is 2. The summed E-state index contributed by atoms with van der Waals surface area (Å²) in [5.74, 6) is 1.78. The van der Waals surface area contributed by atoms with E-state index in [9.17, 15) is 0 Å². The van der Waals surface area contributed by atoms with Crippen LogP contribution in [0.25, 0.3) is 0 Å². The summed E-state index contributed by atoms with van der Waals surface area (Å²) in [6, 6.07) is 0.640. The van der Waals surface area contributed by atoms with Crippen LogP contribution in [0.2, 0.25) is 0 Å². The van der Waals surface area contributed by atoms with Crippen molar-refractivity contribution in [1.82, 2.24) is 15.1 Å². The molecule has 1 atom stereocenters. The quantitative estimate of drug-likeness (QED) is 0.703. The Bertz CT molecular complexity index is 333. The average molecular weight is 237 g/mol. The lowest BCUT2D eigenvalue weighted by molar-refractivity contribution is 0.303. The minimum absolute atomic E-state index is 0.640. The van der Waals surface area contributed by atoms with Crippen molar-refractivity contribution in [3.63, 3.8) is 0 Å². The van der Waals surface area contributed by atoms with Crippen molar-refractivity contribution in [2.24, 2.45) is 5.92 Å². The van der Waals surface area contributed by atoms with Crippen molar-refractivity contribution < 1.29 is 4.74 Å². The fourth-order valence-corrected chi connectivity index (χ4v) is 1.99. The summed E-state index contributed by atoms with van der Waals surface area (Å²) >= 11 is 0. The van der Waals surface area contributed by atoms with Gasteiger partial charge in [-0.3, -0.25) is 4.68 Å². The third kappa shape index (κ3) is 4.04. The fourth-order valence-electron chi connectivity index (χ4n) is 1.99. The van der Waals surface area contributed by atoms with E-state index in [1.165, 1.54) is 12.8 Å². The third-order valence-corrected chi connectivity index (χ3v) is 3.23. The molecule has 0 radical (unpaired) electrons. The van der Waals surface area contributed by atoms with Crippen molar-refractivity contribution >= 4 is 0 Å². The Morgan fingerprint density at radius 2 is 2.41 bits per heavy atom. The first kappa shape index (κ1) is 12.4. The Hall–Kier alpha value is -1.03. The molecule has 96 valence electrons. The smallest absolute Gasteiger partial charge is 0.157 e. The molecule has 0 amide bonds. The predicted octanol–water partition coefficient (Wildman–Crippen LogP) is 2.06. The van der Waals surface area contributed by atoms with Gasteiger partial charge >= 0.3 is 0 Å². The minimum Gasteiger partial charge on any atom is -0.489 e. The molecule has 1 aromatic rings. The topological polar surface area (TPSA) is 39.1 Å². The van der Waals surface area contributed by atoms with Crippen LogP contribution in [0.5, 0.6) is 5.75 Å². The monoisotopic (exact) mass is 237 g/mol. The van der Waals surface area contributed by atoms with Gasteiger partial charge in [0.15, 0.2) is 5.75 Å². The normalized spacial score (nSPS) is 17.1. The molecule has 1 aromatic heterocycles. The van der Waals surface area contributed by atoms with Crippen LogP contribution in [-0.2, 0) is 6.54 Å². The molecule has 0 spiro atoms. The molecule has 1 saturated carbocycles. The molecule has 0 saturated heterocycles. The first-order chi connectivity index (χ1) is 8.29. The molecule has 4 heteroatoms. The maximum Gasteiger partial charge on any atom is 0.157 e. The molecule has 1 heterocycles. The first-order valence-corrected chi connectivity index (χ1v) is 6.68. The van der Waals surface area contributed by atoms with Gasteiger partial charge in [-0.2, -0.15) is 5.10 Å². The highest BCUT2D eigenvalue weighted by Gasteiger charge is 2.27. The number of nitrogens with one attached hydrogen (secondary N) is 1. The Balaban J connectivity index is 1.60. The van der Waals surface area contributed by atoms with E-state index in [0.29, 0.717) is 6.04 Å². The zero-order valence-electron chi connectivity index (χ0n) is 10.9. The number of aryl methyl sites for hydroxylation is 1. The average Bonchev–Trinajstić information content (AvgIpc) is 3.08. The van der Waals surface area contributed by atoms with Gasteiger partial charge in [-0.25, -0.2) is 0 Å². The van der Waals surface area contributed by atoms with Crippen LogP contribution in [0.15, 0.2) is 12.4 Å². The van der Waals surface area contributed by atoms with Crippen LogP contribution in [0.1, 0.15) is 33.1 Å². The Kier molecular flexibility index (Phi) is 4.42. The second-order valence-electron chi connectivity index (χ2n) is 4.87. The largest absolute Gasteiger partial charge is 0.489 e. The summed E-state index contributed by atoms with van der Waals surface area (Å²) in [5, 5.41) is 7.72. The molecule has 2 rings (SSSR count). The Morgan fingerprint density at radius 1 is 1.59 bits per heavy atom. The van der Waals surface area contributed by atoms with E-state index in [4.69, 9.17) is 4.74 Å². The molecule has 1 fully saturated rings. The number of aromatic nitrogens is 2. The van der Waals surface area contributed by atoms with Crippen molar-refractivity contribution in [2.75, 3.05) is 13.2 Å². The number of hydrogen-bond acceptors (Lipinski definition) is 3. The Labute approximate surface area is 103 Å². The molecule has 0 bridgehead atoms. The molecule has 4 nitrogen and oxygen atoms in total. The molecule has 1 aliphatic rings. The summed E-state index contributed by atoms with van der Waals surface area (Å²) in [7, 11) is 0. The van der Waals surface area contributed by atoms with Gasteiger partial charge in [0.25, 0.3) is 0 Å². The summed E-state index contributed by atoms with van der Waals surface area (Å²) in [4.78, 5) is 0. The highest BCUT2D eigenvalue weighted by atomic mass is 16.5. The van der Waals surface area contributed by atoms with E-state index in [1.54, 1.807) is 6.20 Å². The summed E-state index contributed by atoms with van der Waals surface area (Å²) < 4.78 is 7.56. The van der Waals surface area contributed by atoms with Crippen LogP contribution < -0.4 is 10.1 Å². The molecular formula is C13H23N3O. The lowest BCUT2D eigenvalue weighted by atomic mass is 10.2. The maximum absolute atomic E-state index is 5.64. The standard InChI is InChI=1S/C13H23N3O/c1-3-7-16-10-13(9-15-16)17-8-6-14-11(2)12-4-5-12/h9-12,14H,3-8H2,1-2H3. The highest BCUT2D eigenvalue weighted by Crippen LogP contribution is 2.32. The Morgan fingerprint density at radius 3 is 3.12 bits per heavy atom. The fraction of sp³-hybridized carbons (Fsp3) is 0.769. The molecule has 0 aromatic carbocycles. The number of rotatable bonds is 8. The van der Waals surface area contributed by atoms with E-state index in [0.717, 1.165) is 37.8 Å². The van der Waals surface area contributed by atoms with Crippen molar-refractivity contribution in [3.8, 4) is 5.75 Å². The van der Waals surface area contributed by atoms with Crippen molar-refractivity contribution in [2.45, 2.75) is 45.7 Å². The number of ether oxygens (including phenoxy) is 1. The lowest BCUT2D eigenvalue weighted by Gasteiger charge is -2.12. The number of hydrogen-bond donors (Lipinski definition) is 1. The second kappa shape index (κ2) is 6.05. The van der Waals surface area contributed by atoms with E-state index in [-0.39, 0.29) is 0 Å². The third-order valence-electron chi connectivity index (χ3n) is 3.23. The van der Waals surface area contributed by atoms with Crippen LogP contribution in [0.4, 0.5) is 0 Å². The summed E-state index contributed by atoms with van der Waals surface area (Å²) in [6.07, 6.45) is 7.63. The van der Waals surface area contributed by atoms with Gasteiger partial charge in [0, 0.05) is 19.1 Å². The predicted molar refractivity (Wildman–Crippen MR) is 68.2 cm³/mol. The van der Waals surface area contributed by atoms with E-state index >= 15 is 0 Å². The zero-order chi connectivity index (χ0) is 12.1. The van der Waals surface area contributed by atoms with E-state index in [1.807, 2.05) is 10.9 Å². The zero-order valence-corrected chi connectivity index (χ0v) is 10.9. The lowest BCUT2D eigenvalue weighted by Crippen LogP contribution is -2.31. The van der Waals surface area contributed by atoms with Gasteiger partial charge in [0.2, 0.25) is 0 Å². The molecule has 1 unspecified atom stereocenters. The SMILES string of the molecule is CCCn1cc(OCCNC(C)C2CC2)cn1. The highest BCUT2D eigenvalue weighted by molar-refractivity contribution is 5.11. The van der Waals surface area contributed by atoms with E-state index in [2.05, 4.69) is 24.3 Å². The molecule has 1 aliphatic carbocycles. The molecule has 0 aliphatic heterocycles. The molecule has 1 N–H and O–H groups in total. The molecule has 17 heavy (non-hydrogen) atoms. The van der Waals surface area contributed by atoms with Crippen LogP contribution in [0.3, 0.4) is 0 Å².